The number of amides is 3. The van der Waals surface area contributed by atoms with Crippen LogP contribution in [0.15, 0.2) is 96.1 Å². The summed E-state index contributed by atoms with van der Waals surface area (Å²) in [7, 11) is 5.33. The van der Waals surface area contributed by atoms with Crippen LogP contribution in [-0.2, 0) is 0 Å². The van der Waals surface area contributed by atoms with Crippen LogP contribution in [0.2, 0.25) is 0 Å². The molecule has 49 heavy (non-hydrogen) atoms. The van der Waals surface area contributed by atoms with Crippen molar-refractivity contribution in [2.75, 3.05) is 45.0 Å². The second-order valence-corrected chi connectivity index (χ2v) is 10.7. The lowest BCUT2D eigenvalue weighted by molar-refractivity contribution is -0.384. The lowest BCUT2D eigenvalue weighted by atomic mass is 10.0. The minimum atomic E-state index is -0.540. The first-order chi connectivity index (χ1) is 23.7. The molecule has 0 bridgehead atoms. The van der Waals surface area contributed by atoms with Crippen LogP contribution in [0.5, 0.6) is 11.5 Å². The Kier molecular flexibility index (Phi) is 12.5. The Bertz CT molecular complexity index is 1820. The van der Waals surface area contributed by atoms with Crippen LogP contribution in [-0.4, -0.2) is 67.7 Å². The summed E-state index contributed by atoms with van der Waals surface area (Å²) < 4.78 is 11.1. The van der Waals surface area contributed by atoms with Crippen molar-refractivity contribution >= 4 is 40.5 Å². The molecule has 0 aliphatic carbocycles. The summed E-state index contributed by atoms with van der Waals surface area (Å²) in [5.41, 5.74) is 3.34. The van der Waals surface area contributed by atoms with E-state index in [0.29, 0.717) is 53.6 Å². The van der Waals surface area contributed by atoms with Crippen molar-refractivity contribution in [1.82, 2.24) is 10.3 Å². The van der Waals surface area contributed by atoms with Crippen LogP contribution in [0.1, 0.15) is 56.4 Å². The first-order valence-corrected chi connectivity index (χ1v) is 15.5. The number of methoxy groups -OCH3 is 1. The molecule has 0 aromatic heterocycles. The van der Waals surface area contributed by atoms with E-state index < -0.39 is 16.7 Å². The van der Waals surface area contributed by atoms with E-state index in [0.717, 1.165) is 17.7 Å². The Morgan fingerprint density at radius 1 is 0.837 bits per heavy atom. The molecule has 1 aliphatic heterocycles. The molecular weight excluding hydrogens is 628 g/mol. The number of carbonyl (C=O) groups is 3. The van der Waals surface area contributed by atoms with Crippen molar-refractivity contribution in [3.63, 3.8) is 0 Å². The average Bonchev–Trinajstić information content (AvgIpc) is 3.12. The molecule has 0 saturated carbocycles. The molecular formula is C36H38N6O7. The van der Waals surface area contributed by atoms with Gasteiger partial charge < -0.3 is 25.4 Å². The summed E-state index contributed by atoms with van der Waals surface area (Å²) in [6.07, 6.45) is 1.44. The molecule has 1 aliphatic rings. The van der Waals surface area contributed by atoms with E-state index in [4.69, 9.17) is 9.47 Å². The summed E-state index contributed by atoms with van der Waals surface area (Å²) >= 11 is 0. The van der Waals surface area contributed by atoms with Gasteiger partial charge in [-0.15, -0.1) is 0 Å². The van der Waals surface area contributed by atoms with Crippen molar-refractivity contribution in [3.8, 4) is 11.5 Å². The van der Waals surface area contributed by atoms with Crippen LogP contribution < -0.4 is 25.4 Å². The fraction of sp³-hybridized carbons (Fsp3) is 0.222. The van der Waals surface area contributed by atoms with Gasteiger partial charge in [0, 0.05) is 52.3 Å². The molecule has 13 nitrogen and oxygen atoms in total. The summed E-state index contributed by atoms with van der Waals surface area (Å²) in [4.78, 5) is 49.2. The van der Waals surface area contributed by atoms with E-state index in [1.807, 2.05) is 39.2 Å². The van der Waals surface area contributed by atoms with Crippen molar-refractivity contribution < 1.29 is 28.8 Å². The Morgan fingerprint density at radius 2 is 1.47 bits per heavy atom. The number of non-ortho nitro benzene ring substituents is 1. The number of hydrazone groups is 1. The molecule has 0 saturated heterocycles. The molecule has 3 N–H and O–H groups in total. The number of nitrogens with zero attached hydrogens (tertiary/aromatic N) is 3. The predicted molar refractivity (Wildman–Crippen MR) is 188 cm³/mol. The molecule has 4 aromatic rings. The molecule has 0 radical (unpaired) electrons. The Hall–Kier alpha value is -6.08. The van der Waals surface area contributed by atoms with Crippen LogP contribution in [0, 0.1) is 10.1 Å². The maximum absolute atomic E-state index is 13.4. The van der Waals surface area contributed by atoms with E-state index in [-0.39, 0.29) is 17.2 Å². The minimum Gasteiger partial charge on any atom is -0.493 e. The van der Waals surface area contributed by atoms with E-state index in [1.165, 1.54) is 29.3 Å². The zero-order chi connectivity index (χ0) is 35.3. The van der Waals surface area contributed by atoms with Crippen molar-refractivity contribution in [3.05, 3.63) is 123 Å². The van der Waals surface area contributed by atoms with E-state index in [9.17, 15) is 24.5 Å². The average molecular weight is 667 g/mol. The van der Waals surface area contributed by atoms with Crippen LogP contribution in [0.3, 0.4) is 0 Å². The van der Waals surface area contributed by atoms with Gasteiger partial charge in [-0.05, 0) is 107 Å². The van der Waals surface area contributed by atoms with Gasteiger partial charge in [0.05, 0.1) is 24.4 Å². The predicted octanol–water partition coefficient (Wildman–Crippen LogP) is 5.98. The lowest BCUT2D eigenvalue weighted by Gasteiger charge is -2.24. The number of hydrogen-bond acceptors (Lipinski definition) is 9. The summed E-state index contributed by atoms with van der Waals surface area (Å²) in [6.45, 7) is 2.84. The molecule has 254 valence electrons. The molecule has 3 amide bonds. The van der Waals surface area contributed by atoms with E-state index in [2.05, 4.69) is 21.1 Å². The number of ether oxygens (including phenoxy) is 2. The quantitative estimate of drug-likeness (QED) is 0.137. The molecule has 0 unspecified atom stereocenters. The van der Waals surface area contributed by atoms with Gasteiger partial charge in [0.2, 0.25) is 0 Å². The van der Waals surface area contributed by atoms with Crippen molar-refractivity contribution in [1.29, 1.82) is 0 Å². The third-order valence-electron chi connectivity index (χ3n) is 7.17. The molecule has 0 spiro atoms. The number of carbonyl (C=O) groups excluding carboxylic acids is 3. The molecule has 4 aromatic carbocycles. The van der Waals surface area contributed by atoms with Gasteiger partial charge >= 0.3 is 0 Å². The monoisotopic (exact) mass is 666 g/mol. The Morgan fingerprint density at radius 3 is 2.08 bits per heavy atom. The number of rotatable bonds is 10. The zero-order valence-corrected chi connectivity index (χ0v) is 27.7. The Balaban J connectivity index is 0.00000174. The SMILES string of the molecule is CCOc1cc(C2=NN(C(=O)c3cccc(NC(=O)c4ccc(NC(=O)c5ccc([N+](=O)[O-])cc5)cc4)c3)CCC2)ccc1OC.CNC. The summed E-state index contributed by atoms with van der Waals surface area (Å²) in [6, 6.07) is 23.7. The highest BCUT2D eigenvalue weighted by molar-refractivity contribution is 6.07. The van der Waals surface area contributed by atoms with Gasteiger partial charge in [0.15, 0.2) is 11.5 Å². The number of hydrogen-bond donors (Lipinski definition) is 3. The topological polar surface area (TPSA) is 164 Å². The van der Waals surface area contributed by atoms with Crippen LogP contribution in [0.25, 0.3) is 0 Å². The Labute approximate surface area is 284 Å². The van der Waals surface area contributed by atoms with Gasteiger partial charge in [-0.2, -0.15) is 5.10 Å². The minimum absolute atomic E-state index is 0.114. The third-order valence-corrected chi connectivity index (χ3v) is 7.17. The molecule has 0 atom stereocenters. The standard InChI is InChI=1S/C34H31N5O7.C2H7N/c1-3-46-31-21-24(13-18-30(31)45-2)29-8-5-19-38(37-29)34(42)25-6-4-7-27(20-25)36-33(41)22-9-14-26(15-10-22)35-32(40)23-11-16-28(17-12-23)39(43)44;1-3-2/h4,6-7,9-18,20-21H,3,5,8,19H2,1-2H3,(H,35,40)(H,36,41);3H,1-2H3. The maximum atomic E-state index is 13.4. The van der Waals surface area contributed by atoms with Crippen molar-refractivity contribution in [2.24, 2.45) is 5.10 Å². The molecule has 5 rings (SSSR count). The number of nitro benzene ring substituents is 1. The van der Waals surface area contributed by atoms with Gasteiger partial charge in [0.1, 0.15) is 0 Å². The largest absolute Gasteiger partial charge is 0.493 e. The summed E-state index contributed by atoms with van der Waals surface area (Å²) in [5.74, 6) is 0.0913. The lowest BCUT2D eigenvalue weighted by Crippen LogP contribution is -2.32. The number of nitrogens with one attached hydrogen (secondary N) is 3. The highest BCUT2D eigenvalue weighted by atomic mass is 16.6. The fourth-order valence-electron chi connectivity index (χ4n) is 4.84. The van der Waals surface area contributed by atoms with Gasteiger partial charge in [-0.25, -0.2) is 5.01 Å². The highest BCUT2D eigenvalue weighted by Gasteiger charge is 2.22. The fourth-order valence-corrected chi connectivity index (χ4v) is 4.84. The second kappa shape index (κ2) is 17.2. The van der Waals surface area contributed by atoms with Crippen molar-refractivity contribution in [2.45, 2.75) is 19.8 Å². The van der Waals surface area contributed by atoms with Gasteiger partial charge in [0.25, 0.3) is 23.4 Å². The van der Waals surface area contributed by atoms with Crippen LogP contribution >= 0.6 is 0 Å². The number of anilines is 2. The van der Waals surface area contributed by atoms with Gasteiger partial charge in [-0.1, -0.05) is 6.07 Å². The van der Waals surface area contributed by atoms with Crippen LogP contribution in [0.4, 0.5) is 17.1 Å². The zero-order valence-electron chi connectivity index (χ0n) is 27.7. The maximum Gasteiger partial charge on any atom is 0.274 e. The highest BCUT2D eigenvalue weighted by Crippen LogP contribution is 2.30. The number of benzene rings is 4. The molecule has 1 heterocycles. The normalized spacial score (nSPS) is 12.1. The first-order valence-electron chi connectivity index (χ1n) is 15.5. The smallest absolute Gasteiger partial charge is 0.274 e. The summed E-state index contributed by atoms with van der Waals surface area (Å²) in [5, 5.41) is 25.2. The van der Waals surface area contributed by atoms with E-state index >= 15 is 0 Å². The first kappa shape index (κ1) is 35.8. The second-order valence-electron chi connectivity index (χ2n) is 10.7. The molecule has 13 heteroatoms. The van der Waals surface area contributed by atoms with Gasteiger partial charge in [-0.3, -0.25) is 24.5 Å². The molecule has 0 fully saturated rings. The van der Waals surface area contributed by atoms with E-state index in [1.54, 1.807) is 55.6 Å². The number of nitro groups is 1. The third kappa shape index (κ3) is 9.49.